The molecule has 0 aliphatic carbocycles. The first-order chi connectivity index (χ1) is 8.95. The highest BCUT2D eigenvalue weighted by molar-refractivity contribution is 7.89. The second-order valence-corrected chi connectivity index (χ2v) is 6.09. The number of esters is 1. The summed E-state index contributed by atoms with van der Waals surface area (Å²) in [5.74, 6) is -0.712. The third kappa shape index (κ3) is 2.67. The van der Waals surface area contributed by atoms with E-state index >= 15 is 0 Å². The molecule has 0 saturated heterocycles. The molecule has 100 valence electrons. The first-order valence-corrected chi connectivity index (χ1v) is 7.65. The van der Waals surface area contributed by atoms with Crippen LogP contribution in [0.1, 0.15) is 9.67 Å². The molecule has 19 heavy (non-hydrogen) atoms. The van der Waals surface area contributed by atoms with E-state index in [0.717, 1.165) is 11.3 Å². The second kappa shape index (κ2) is 5.12. The minimum absolute atomic E-state index is 0.0103. The van der Waals surface area contributed by atoms with E-state index in [-0.39, 0.29) is 9.77 Å². The summed E-state index contributed by atoms with van der Waals surface area (Å²) in [6, 6.07) is 8.86. The standard InChI is InChI=1S/C12H11NO4S2/c1-17-12(14)10-11(19(13,15)16)9(7-18-10)8-5-3-2-4-6-8/h2-7H,1H3,(H2,13,15,16). The van der Waals surface area contributed by atoms with E-state index in [0.29, 0.717) is 11.1 Å². The lowest BCUT2D eigenvalue weighted by molar-refractivity contribution is 0.0602. The Bertz CT molecular complexity index is 705. The number of hydrogen-bond acceptors (Lipinski definition) is 5. The van der Waals surface area contributed by atoms with Gasteiger partial charge in [-0.2, -0.15) is 0 Å². The topological polar surface area (TPSA) is 86.5 Å². The van der Waals surface area contributed by atoms with Crippen LogP contribution in [-0.4, -0.2) is 21.5 Å². The number of benzene rings is 1. The molecule has 0 amide bonds. The SMILES string of the molecule is COC(=O)c1scc(-c2ccccc2)c1S(N)(=O)=O. The first-order valence-electron chi connectivity index (χ1n) is 5.23. The molecule has 0 saturated carbocycles. The van der Waals surface area contributed by atoms with Crippen molar-refractivity contribution in [2.75, 3.05) is 7.11 Å². The lowest BCUT2D eigenvalue weighted by Crippen LogP contribution is -2.16. The molecular formula is C12H11NO4S2. The Hall–Kier alpha value is -1.70. The largest absolute Gasteiger partial charge is 0.465 e. The Kier molecular flexibility index (Phi) is 3.70. The van der Waals surface area contributed by atoms with Crippen LogP contribution in [0.15, 0.2) is 40.6 Å². The van der Waals surface area contributed by atoms with Gasteiger partial charge < -0.3 is 4.74 Å². The van der Waals surface area contributed by atoms with Crippen LogP contribution in [0.2, 0.25) is 0 Å². The summed E-state index contributed by atoms with van der Waals surface area (Å²) < 4.78 is 28.0. The number of methoxy groups -OCH3 is 1. The monoisotopic (exact) mass is 297 g/mol. The van der Waals surface area contributed by atoms with E-state index in [2.05, 4.69) is 4.74 Å². The molecule has 0 spiro atoms. The Morgan fingerprint density at radius 3 is 2.42 bits per heavy atom. The molecule has 1 aromatic heterocycles. The molecule has 5 nitrogen and oxygen atoms in total. The van der Waals surface area contributed by atoms with Crippen molar-refractivity contribution in [2.45, 2.75) is 4.90 Å². The van der Waals surface area contributed by atoms with E-state index in [1.807, 2.05) is 6.07 Å². The lowest BCUT2D eigenvalue weighted by atomic mass is 10.1. The van der Waals surface area contributed by atoms with Crippen LogP contribution in [0.5, 0.6) is 0 Å². The zero-order chi connectivity index (χ0) is 14.0. The van der Waals surface area contributed by atoms with Gasteiger partial charge in [-0.05, 0) is 5.56 Å². The summed E-state index contributed by atoms with van der Waals surface area (Å²) in [6.07, 6.45) is 0. The summed E-state index contributed by atoms with van der Waals surface area (Å²) in [5, 5.41) is 6.79. The Morgan fingerprint density at radius 2 is 1.89 bits per heavy atom. The van der Waals surface area contributed by atoms with E-state index in [1.54, 1.807) is 29.6 Å². The number of carbonyl (C=O) groups excluding carboxylic acids is 1. The van der Waals surface area contributed by atoms with Crippen LogP contribution in [-0.2, 0) is 14.8 Å². The van der Waals surface area contributed by atoms with Gasteiger partial charge in [0.1, 0.15) is 9.77 Å². The summed E-state index contributed by atoms with van der Waals surface area (Å²) in [6.45, 7) is 0. The molecular weight excluding hydrogens is 286 g/mol. The van der Waals surface area contributed by atoms with Gasteiger partial charge in [-0.1, -0.05) is 30.3 Å². The average molecular weight is 297 g/mol. The number of primary sulfonamides is 1. The quantitative estimate of drug-likeness (QED) is 0.876. The third-order valence-electron chi connectivity index (χ3n) is 2.49. The number of hydrogen-bond donors (Lipinski definition) is 1. The fourth-order valence-electron chi connectivity index (χ4n) is 1.68. The Balaban J connectivity index is 2.71. The molecule has 1 aromatic carbocycles. The van der Waals surface area contributed by atoms with E-state index in [1.165, 1.54) is 7.11 Å². The van der Waals surface area contributed by atoms with Gasteiger partial charge >= 0.3 is 5.97 Å². The van der Waals surface area contributed by atoms with Crippen molar-refractivity contribution < 1.29 is 17.9 Å². The number of sulfonamides is 1. The zero-order valence-corrected chi connectivity index (χ0v) is 11.6. The van der Waals surface area contributed by atoms with Crippen LogP contribution in [0.4, 0.5) is 0 Å². The first kappa shape index (κ1) is 13.7. The fourth-order valence-corrected chi connectivity index (χ4v) is 3.96. The highest BCUT2D eigenvalue weighted by Crippen LogP contribution is 2.34. The molecule has 0 aliphatic rings. The number of carbonyl (C=O) groups is 1. The predicted octanol–water partition coefficient (Wildman–Crippen LogP) is 1.85. The fraction of sp³-hybridized carbons (Fsp3) is 0.0833. The van der Waals surface area contributed by atoms with Gasteiger partial charge in [0, 0.05) is 10.9 Å². The summed E-state index contributed by atoms with van der Waals surface area (Å²) in [7, 11) is -2.82. The van der Waals surface area contributed by atoms with Crippen molar-refractivity contribution in [3.05, 3.63) is 40.6 Å². The molecule has 0 aliphatic heterocycles. The maximum atomic E-state index is 11.7. The lowest BCUT2D eigenvalue weighted by Gasteiger charge is -2.04. The molecule has 0 radical (unpaired) electrons. The maximum absolute atomic E-state index is 11.7. The number of rotatable bonds is 3. The summed E-state index contributed by atoms with van der Waals surface area (Å²) in [5.41, 5.74) is 1.09. The van der Waals surface area contributed by atoms with Gasteiger partial charge in [0.15, 0.2) is 0 Å². The number of nitrogens with two attached hydrogens (primary N) is 1. The molecule has 1 heterocycles. The van der Waals surface area contributed by atoms with Crippen LogP contribution >= 0.6 is 11.3 Å². The van der Waals surface area contributed by atoms with Gasteiger partial charge in [0.05, 0.1) is 7.11 Å². The number of thiophene rings is 1. The normalized spacial score (nSPS) is 11.3. The van der Waals surface area contributed by atoms with Crippen molar-refractivity contribution in [2.24, 2.45) is 5.14 Å². The molecule has 7 heteroatoms. The Labute approximate surface area is 114 Å². The van der Waals surface area contributed by atoms with Crippen molar-refractivity contribution >= 4 is 27.3 Å². The molecule has 2 aromatic rings. The minimum atomic E-state index is -4.01. The summed E-state index contributed by atoms with van der Waals surface area (Å²) >= 11 is 0.997. The molecule has 2 N–H and O–H groups in total. The Morgan fingerprint density at radius 1 is 1.26 bits per heavy atom. The highest BCUT2D eigenvalue weighted by Gasteiger charge is 2.27. The van der Waals surface area contributed by atoms with Crippen LogP contribution in [0.25, 0.3) is 11.1 Å². The van der Waals surface area contributed by atoms with Gasteiger partial charge in [-0.25, -0.2) is 18.4 Å². The van der Waals surface area contributed by atoms with Crippen LogP contribution in [0, 0.1) is 0 Å². The van der Waals surface area contributed by atoms with Gasteiger partial charge in [-0.15, -0.1) is 11.3 Å². The summed E-state index contributed by atoms with van der Waals surface area (Å²) in [4.78, 5) is 11.4. The third-order valence-corrected chi connectivity index (χ3v) is 4.57. The van der Waals surface area contributed by atoms with Gasteiger partial charge in [0.25, 0.3) is 0 Å². The van der Waals surface area contributed by atoms with Crippen molar-refractivity contribution in [1.82, 2.24) is 0 Å². The van der Waals surface area contributed by atoms with Gasteiger partial charge in [-0.3, -0.25) is 0 Å². The second-order valence-electron chi connectivity index (χ2n) is 3.71. The molecule has 0 atom stereocenters. The predicted molar refractivity (Wildman–Crippen MR) is 72.5 cm³/mol. The van der Waals surface area contributed by atoms with E-state index in [4.69, 9.17) is 5.14 Å². The number of ether oxygens (including phenoxy) is 1. The highest BCUT2D eigenvalue weighted by atomic mass is 32.2. The zero-order valence-electron chi connectivity index (χ0n) is 9.99. The van der Waals surface area contributed by atoms with Crippen LogP contribution < -0.4 is 5.14 Å². The van der Waals surface area contributed by atoms with E-state index in [9.17, 15) is 13.2 Å². The van der Waals surface area contributed by atoms with Gasteiger partial charge in [0.2, 0.25) is 10.0 Å². The molecule has 2 rings (SSSR count). The smallest absolute Gasteiger partial charge is 0.349 e. The van der Waals surface area contributed by atoms with E-state index < -0.39 is 16.0 Å². The molecule has 0 fully saturated rings. The minimum Gasteiger partial charge on any atom is -0.465 e. The van der Waals surface area contributed by atoms with Crippen molar-refractivity contribution in [3.63, 3.8) is 0 Å². The van der Waals surface area contributed by atoms with Crippen LogP contribution in [0.3, 0.4) is 0 Å². The average Bonchev–Trinajstić information content (AvgIpc) is 2.83. The molecule has 0 bridgehead atoms. The van der Waals surface area contributed by atoms with Crippen molar-refractivity contribution in [3.8, 4) is 11.1 Å². The molecule has 0 unspecified atom stereocenters. The van der Waals surface area contributed by atoms with Crippen molar-refractivity contribution in [1.29, 1.82) is 0 Å². The maximum Gasteiger partial charge on any atom is 0.349 e.